The van der Waals surface area contributed by atoms with Crippen molar-refractivity contribution in [2.45, 2.75) is 6.42 Å². The van der Waals surface area contributed by atoms with Gasteiger partial charge in [-0.2, -0.15) is 5.12 Å². The second kappa shape index (κ2) is 5.89. The lowest BCUT2D eigenvalue weighted by molar-refractivity contribution is -0.384. The summed E-state index contributed by atoms with van der Waals surface area (Å²) in [6.07, 6.45) is 3.69. The molecule has 9 heteroatoms. The van der Waals surface area contributed by atoms with E-state index in [0.29, 0.717) is 11.6 Å². The van der Waals surface area contributed by atoms with E-state index < -0.39 is 10.8 Å². The Kier molecular flexibility index (Phi) is 4.21. The first-order chi connectivity index (χ1) is 9.47. The average Bonchev–Trinajstić information content (AvgIpc) is 2.38. The van der Waals surface area contributed by atoms with Gasteiger partial charge in [-0.3, -0.25) is 14.9 Å². The van der Waals surface area contributed by atoms with E-state index in [-0.39, 0.29) is 16.3 Å². The van der Waals surface area contributed by atoms with E-state index in [0.717, 1.165) is 11.2 Å². The van der Waals surface area contributed by atoms with Crippen molar-refractivity contribution in [3.8, 4) is 0 Å². The van der Waals surface area contributed by atoms with E-state index in [4.69, 9.17) is 23.2 Å². The molecule has 0 unspecified atom stereocenters. The molecule has 1 amide bonds. The van der Waals surface area contributed by atoms with Gasteiger partial charge in [0.1, 0.15) is 5.17 Å². The van der Waals surface area contributed by atoms with Crippen molar-refractivity contribution >= 4 is 40.0 Å². The number of carbonyl (C=O) groups is 1. The monoisotopic (exact) mass is 314 g/mol. The minimum atomic E-state index is -0.626. The highest BCUT2D eigenvalue weighted by atomic mass is 35.5. The summed E-state index contributed by atoms with van der Waals surface area (Å²) in [5.41, 5.74) is 2.15. The molecule has 1 N–H and O–H groups in total. The molecule has 104 valence electrons. The minimum Gasteiger partial charge on any atom is -0.267 e. The molecule has 1 aromatic rings. The first-order valence-corrected chi connectivity index (χ1v) is 6.17. The Balaban J connectivity index is 2.21. The number of non-ortho nitro benzene ring substituents is 1. The van der Waals surface area contributed by atoms with Crippen molar-refractivity contribution < 1.29 is 9.72 Å². The third kappa shape index (κ3) is 3.25. The lowest BCUT2D eigenvalue weighted by atomic mass is 10.2. The summed E-state index contributed by atoms with van der Waals surface area (Å²) in [5.74, 6) is -0.626. The lowest BCUT2D eigenvalue weighted by Gasteiger charge is -2.18. The summed E-state index contributed by atoms with van der Waals surface area (Å²) < 4.78 is 0. The van der Waals surface area contributed by atoms with Crippen molar-refractivity contribution in [2.24, 2.45) is 5.10 Å². The van der Waals surface area contributed by atoms with Gasteiger partial charge < -0.3 is 0 Å². The molecule has 0 saturated heterocycles. The number of hydrogen-bond donors (Lipinski definition) is 1. The molecule has 20 heavy (non-hydrogen) atoms. The summed E-state index contributed by atoms with van der Waals surface area (Å²) in [6.45, 7) is 0. The summed E-state index contributed by atoms with van der Waals surface area (Å²) in [4.78, 5) is 22.1. The number of benzene rings is 1. The predicted molar refractivity (Wildman–Crippen MR) is 74.5 cm³/mol. The minimum absolute atomic E-state index is 0.0221. The van der Waals surface area contributed by atoms with Crippen LogP contribution in [0.2, 0.25) is 5.02 Å². The van der Waals surface area contributed by atoms with Crippen molar-refractivity contribution in [1.82, 2.24) is 10.5 Å². The van der Waals surface area contributed by atoms with Gasteiger partial charge in [0.2, 0.25) is 0 Å². The number of halogens is 2. The van der Waals surface area contributed by atoms with Gasteiger partial charge in [0, 0.05) is 24.8 Å². The fraction of sp³-hybridized carbons (Fsp3) is 0.0909. The zero-order chi connectivity index (χ0) is 14.7. The van der Waals surface area contributed by atoms with Crippen LogP contribution in [0.1, 0.15) is 16.8 Å². The van der Waals surface area contributed by atoms with Crippen molar-refractivity contribution in [1.29, 1.82) is 0 Å². The molecule has 1 aliphatic heterocycles. The molecule has 0 fully saturated rings. The van der Waals surface area contributed by atoms with Gasteiger partial charge in [0.25, 0.3) is 11.6 Å². The molecule has 0 saturated carbocycles. The van der Waals surface area contributed by atoms with Crippen molar-refractivity contribution in [3.05, 3.63) is 51.2 Å². The molecule has 0 bridgehead atoms. The third-order valence-corrected chi connectivity index (χ3v) is 2.93. The Hall–Kier alpha value is -2.12. The van der Waals surface area contributed by atoms with Crippen molar-refractivity contribution in [3.63, 3.8) is 0 Å². The molecule has 1 aliphatic rings. The maximum atomic E-state index is 12.0. The van der Waals surface area contributed by atoms with Gasteiger partial charge in [0.05, 0.1) is 15.5 Å². The zero-order valence-corrected chi connectivity index (χ0v) is 11.4. The lowest BCUT2D eigenvalue weighted by Crippen LogP contribution is -2.36. The van der Waals surface area contributed by atoms with Crippen LogP contribution >= 0.6 is 23.2 Å². The van der Waals surface area contributed by atoms with Crippen LogP contribution in [0.15, 0.2) is 35.6 Å². The van der Waals surface area contributed by atoms with E-state index in [1.165, 1.54) is 18.3 Å². The maximum absolute atomic E-state index is 12.0. The van der Waals surface area contributed by atoms with Gasteiger partial charge >= 0.3 is 0 Å². The van der Waals surface area contributed by atoms with Crippen LogP contribution in [0.4, 0.5) is 5.69 Å². The normalized spacial score (nSPS) is 13.9. The van der Waals surface area contributed by atoms with Crippen LogP contribution < -0.4 is 5.43 Å². The average molecular weight is 315 g/mol. The Morgan fingerprint density at radius 3 is 2.85 bits per heavy atom. The summed E-state index contributed by atoms with van der Waals surface area (Å²) in [5, 5.41) is 16.1. The van der Waals surface area contributed by atoms with Gasteiger partial charge in [-0.1, -0.05) is 29.3 Å². The third-order valence-electron chi connectivity index (χ3n) is 2.37. The van der Waals surface area contributed by atoms with Crippen LogP contribution in [0.5, 0.6) is 0 Å². The SMILES string of the molecule is O=C(NN1C=CCC(Cl)=N1)c1cc([N+](=O)[O-])ccc1Cl. The zero-order valence-electron chi connectivity index (χ0n) is 9.92. The van der Waals surface area contributed by atoms with Crippen molar-refractivity contribution in [2.75, 3.05) is 0 Å². The van der Waals surface area contributed by atoms with Gasteiger partial charge in [-0.05, 0) is 6.07 Å². The van der Waals surface area contributed by atoms with Crippen LogP contribution in [-0.4, -0.2) is 21.1 Å². The Labute approximate surface area is 123 Å². The topological polar surface area (TPSA) is 87.8 Å². The molecule has 0 aliphatic carbocycles. The molecule has 1 heterocycles. The molecular formula is C11H8Cl2N4O3. The summed E-state index contributed by atoms with van der Waals surface area (Å²) in [6, 6.07) is 3.60. The highest BCUT2D eigenvalue weighted by molar-refractivity contribution is 6.65. The molecule has 2 rings (SSSR count). The number of hydrazone groups is 1. The number of nitrogens with zero attached hydrogens (tertiary/aromatic N) is 3. The molecule has 0 aromatic heterocycles. The second-order valence-corrected chi connectivity index (χ2v) is 4.62. The maximum Gasteiger partial charge on any atom is 0.273 e. The Morgan fingerprint density at radius 1 is 1.45 bits per heavy atom. The first kappa shape index (κ1) is 14.3. The molecule has 0 spiro atoms. The number of carbonyl (C=O) groups excluding carboxylic acids is 1. The quantitative estimate of drug-likeness (QED) is 0.686. The number of rotatable bonds is 3. The number of nitro benzene ring substituents is 1. The van der Waals surface area contributed by atoms with Gasteiger partial charge in [-0.25, -0.2) is 5.43 Å². The molecular weight excluding hydrogens is 307 g/mol. The smallest absolute Gasteiger partial charge is 0.267 e. The number of hydrogen-bond acceptors (Lipinski definition) is 5. The van der Waals surface area contributed by atoms with Crippen LogP contribution in [0, 0.1) is 10.1 Å². The number of amides is 1. The predicted octanol–water partition coefficient (Wildman–Crippen LogP) is 2.66. The molecule has 0 atom stereocenters. The number of hydrazine groups is 1. The Bertz CT molecular complexity index is 630. The van der Waals surface area contributed by atoms with Crippen LogP contribution in [0.3, 0.4) is 0 Å². The highest BCUT2D eigenvalue weighted by Crippen LogP contribution is 2.22. The van der Waals surface area contributed by atoms with Gasteiger partial charge in [0.15, 0.2) is 0 Å². The number of allylic oxidation sites excluding steroid dienone is 1. The van der Waals surface area contributed by atoms with E-state index in [1.807, 2.05) is 0 Å². The van der Waals surface area contributed by atoms with E-state index in [1.54, 1.807) is 6.08 Å². The highest BCUT2D eigenvalue weighted by Gasteiger charge is 2.17. The van der Waals surface area contributed by atoms with Gasteiger partial charge in [-0.15, -0.1) is 5.10 Å². The molecule has 1 aromatic carbocycles. The standard InChI is InChI=1S/C11H8Cl2N4O3/c12-9-4-3-7(17(19)20)6-8(9)11(18)15-16-5-1-2-10(13)14-16/h1,3-6H,2H2,(H,15,18). The number of nitrogens with one attached hydrogen (secondary N) is 1. The molecule has 0 radical (unpaired) electrons. The van der Waals surface area contributed by atoms with Crippen LogP contribution in [-0.2, 0) is 0 Å². The summed E-state index contributed by atoms with van der Waals surface area (Å²) in [7, 11) is 0. The first-order valence-electron chi connectivity index (χ1n) is 5.41. The van der Waals surface area contributed by atoms with E-state index in [9.17, 15) is 14.9 Å². The fourth-order valence-electron chi connectivity index (χ4n) is 1.47. The number of nitro groups is 1. The molecule has 7 nitrogen and oxygen atoms in total. The van der Waals surface area contributed by atoms with E-state index in [2.05, 4.69) is 10.5 Å². The fourth-order valence-corrected chi connectivity index (χ4v) is 1.84. The largest absolute Gasteiger partial charge is 0.273 e. The Morgan fingerprint density at radius 2 is 2.20 bits per heavy atom. The van der Waals surface area contributed by atoms with E-state index >= 15 is 0 Å². The van der Waals surface area contributed by atoms with Crippen LogP contribution in [0.25, 0.3) is 0 Å². The second-order valence-electron chi connectivity index (χ2n) is 3.77. The summed E-state index contributed by atoms with van der Waals surface area (Å²) >= 11 is 11.6.